The normalized spacial score (nSPS) is 16.0. The van der Waals surface area contributed by atoms with Crippen LogP contribution in [-0.4, -0.2) is 80.6 Å². The number of allylic oxidation sites excluding steroid dienone is 1. The van der Waals surface area contributed by atoms with Crippen molar-refractivity contribution in [2.75, 3.05) is 48.6 Å². The number of aromatic hydroxyl groups is 1. The number of thiol groups is 1. The number of aromatic nitrogens is 1. The first-order valence-electron chi connectivity index (χ1n) is 18.2. The first-order chi connectivity index (χ1) is 25.8. The molecule has 3 aromatic carbocycles. The maximum absolute atomic E-state index is 10.4. The Bertz CT molecular complexity index is 1850. The minimum atomic E-state index is 0.0712. The summed E-state index contributed by atoms with van der Waals surface area (Å²) >= 11 is 4.36. The molecule has 0 saturated carbocycles. The zero-order chi connectivity index (χ0) is 37.9. The fourth-order valence-electron chi connectivity index (χ4n) is 7.08. The number of methoxy groups -OCH3 is 5. The van der Waals surface area contributed by atoms with Crippen LogP contribution in [0.5, 0.6) is 28.7 Å². The van der Waals surface area contributed by atoms with Gasteiger partial charge >= 0.3 is 0 Å². The summed E-state index contributed by atoms with van der Waals surface area (Å²) < 4.78 is 27.8. The van der Waals surface area contributed by atoms with E-state index in [1.807, 2.05) is 38.2 Å². The van der Waals surface area contributed by atoms with Gasteiger partial charge in [-0.2, -0.15) is 0 Å². The molecule has 0 radical (unpaired) electrons. The summed E-state index contributed by atoms with van der Waals surface area (Å²) in [6.45, 7) is 7.65. The third-order valence-corrected chi connectivity index (χ3v) is 10.3. The molecule has 9 nitrogen and oxygen atoms in total. The number of hydrogen-bond acceptors (Lipinski definition) is 10. The van der Waals surface area contributed by atoms with Crippen molar-refractivity contribution in [2.45, 2.75) is 63.2 Å². The molecule has 53 heavy (non-hydrogen) atoms. The van der Waals surface area contributed by atoms with Crippen LogP contribution in [0.3, 0.4) is 0 Å². The van der Waals surface area contributed by atoms with E-state index in [0.717, 1.165) is 73.6 Å². The number of nitrogens with zero attached hydrogens (tertiary/aromatic N) is 3. The first kappa shape index (κ1) is 39.6. The SMILES string of the molecule is CC.COC1=CC(N(Cc2ccc(-c3cc(OC)c(OC)c(OC)c3)cc2)C2CCN(Cc3ccnc(-c4cc(O)c(S)c(OC)c4)c3)CC2)CC=C1. The maximum Gasteiger partial charge on any atom is 0.203 e. The molecular formula is C43H53N3O6S. The first-order valence-corrected chi connectivity index (χ1v) is 18.6. The highest BCUT2D eigenvalue weighted by Gasteiger charge is 2.30. The Morgan fingerprint density at radius 1 is 0.774 bits per heavy atom. The van der Waals surface area contributed by atoms with Gasteiger partial charge in [-0.1, -0.05) is 44.2 Å². The van der Waals surface area contributed by atoms with Crippen molar-refractivity contribution in [3.05, 3.63) is 102 Å². The fraction of sp³-hybridized carbons (Fsp3) is 0.372. The lowest BCUT2D eigenvalue weighted by Gasteiger charge is -2.42. The predicted molar refractivity (Wildman–Crippen MR) is 215 cm³/mol. The molecule has 1 N–H and O–H groups in total. The summed E-state index contributed by atoms with van der Waals surface area (Å²) in [4.78, 5) is 10.2. The molecule has 0 bridgehead atoms. The van der Waals surface area contributed by atoms with Gasteiger partial charge in [0.1, 0.15) is 17.3 Å². The van der Waals surface area contributed by atoms with Crippen LogP contribution in [0.4, 0.5) is 0 Å². The van der Waals surface area contributed by atoms with Crippen LogP contribution in [0, 0.1) is 0 Å². The molecule has 6 rings (SSSR count). The largest absolute Gasteiger partial charge is 0.507 e. The summed E-state index contributed by atoms with van der Waals surface area (Å²) in [6, 6.07) is 21.1. The molecule has 10 heteroatoms. The molecule has 4 aromatic rings. The standard InChI is InChI=1S/C41H47N3O6S.C2H6/c1-46-34-8-6-7-33(24-34)44(26-27-9-11-29(12-10-27)30-21-37(47-2)40(50-5)38(22-30)48-3)32-14-17-43(18-15-32)25-28-13-16-42-35(19-28)31-20-36(45)41(51)39(23-31)49-4;1-2/h6,8-13,16,19-24,32-33,45,51H,7,14-15,17-18,25-26H2,1-5H3;1-2H3. The van der Waals surface area contributed by atoms with Gasteiger partial charge in [-0.25, -0.2) is 0 Å². The lowest BCUT2D eigenvalue weighted by atomic mass is 9.96. The second kappa shape index (κ2) is 18.9. The van der Waals surface area contributed by atoms with Crippen LogP contribution in [0.1, 0.15) is 44.2 Å². The molecule has 2 heterocycles. The smallest absolute Gasteiger partial charge is 0.203 e. The average molecular weight is 740 g/mol. The molecule has 1 aliphatic heterocycles. The number of phenols is 1. The Kier molecular flexibility index (Phi) is 14.1. The van der Waals surface area contributed by atoms with Crippen LogP contribution in [-0.2, 0) is 17.8 Å². The number of phenolic OH excluding ortho intramolecular Hbond substituents is 1. The highest BCUT2D eigenvalue weighted by molar-refractivity contribution is 7.80. The van der Waals surface area contributed by atoms with Crippen molar-refractivity contribution in [1.29, 1.82) is 0 Å². The molecule has 1 aromatic heterocycles. The Hall–Kier alpha value is -4.64. The van der Waals surface area contributed by atoms with E-state index < -0.39 is 0 Å². The number of likely N-dealkylation sites (tertiary alicyclic amines) is 1. The zero-order valence-electron chi connectivity index (χ0n) is 32.0. The highest BCUT2D eigenvalue weighted by Crippen LogP contribution is 2.41. The third kappa shape index (κ3) is 9.48. The van der Waals surface area contributed by atoms with Gasteiger partial charge in [-0.05, 0) is 103 Å². The summed E-state index contributed by atoms with van der Waals surface area (Å²) in [6.07, 6.45) is 11.5. The monoisotopic (exact) mass is 739 g/mol. The molecule has 1 unspecified atom stereocenters. The Morgan fingerprint density at radius 3 is 2.06 bits per heavy atom. The molecular weight excluding hydrogens is 687 g/mol. The number of benzene rings is 3. The van der Waals surface area contributed by atoms with E-state index in [-0.39, 0.29) is 11.8 Å². The van der Waals surface area contributed by atoms with Crippen molar-refractivity contribution in [3.63, 3.8) is 0 Å². The van der Waals surface area contributed by atoms with E-state index in [0.29, 0.717) is 33.9 Å². The summed E-state index contributed by atoms with van der Waals surface area (Å²) in [7, 11) is 8.20. The summed E-state index contributed by atoms with van der Waals surface area (Å²) in [5, 5.41) is 10.4. The van der Waals surface area contributed by atoms with Crippen LogP contribution >= 0.6 is 12.6 Å². The van der Waals surface area contributed by atoms with Crippen molar-refractivity contribution in [3.8, 4) is 51.1 Å². The Labute approximate surface area is 320 Å². The summed E-state index contributed by atoms with van der Waals surface area (Å²) in [5.41, 5.74) is 6.10. The van der Waals surface area contributed by atoms with Gasteiger partial charge in [0, 0.05) is 36.9 Å². The number of pyridine rings is 1. The quantitative estimate of drug-likeness (QED) is 0.131. The van der Waals surface area contributed by atoms with Crippen LogP contribution in [0.2, 0.25) is 0 Å². The Balaban J connectivity index is 0.00000266. The fourth-order valence-corrected chi connectivity index (χ4v) is 7.30. The van der Waals surface area contributed by atoms with Crippen LogP contribution in [0.25, 0.3) is 22.4 Å². The zero-order valence-corrected chi connectivity index (χ0v) is 32.9. The molecule has 0 spiro atoms. The lowest BCUT2D eigenvalue weighted by Crippen LogP contribution is -2.48. The van der Waals surface area contributed by atoms with Gasteiger partial charge in [-0.3, -0.25) is 14.8 Å². The molecule has 1 atom stereocenters. The minimum absolute atomic E-state index is 0.0712. The van der Waals surface area contributed by atoms with Crippen LogP contribution in [0.15, 0.2) is 95.7 Å². The summed E-state index contributed by atoms with van der Waals surface area (Å²) in [5.74, 6) is 3.35. The molecule has 282 valence electrons. The van der Waals surface area contributed by atoms with Gasteiger partial charge in [0.05, 0.1) is 46.1 Å². The van der Waals surface area contributed by atoms with E-state index >= 15 is 0 Å². The number of ether oxygens (including phenoxy) is 5. The van der Waals surface area contributed by atoms with Crippen molar-refractivity contribution in [2.24, 2.45) is 0 Å². The minimum Gasteiger partial charge on any atom is -0.507 e. The molecule has 2 aliphatic rings. The van der Waals surface area contributed by atoms with Gasteiger partial charge in [-0.15, -0.1) is 12.6 Å². The predicted octanol–water partition coefficient (Wildman–Crippen LogP) is 8.80. The molecule has 1 fully saturated rings. The van der Waals surface area contributed by atoms with E-state index in [9.17, 15) is 5.11 Å². The van der Waals surface area contributed by atoms with Crippen molar-refractivity contribution in [1.82, 2.24) is 14.8 Å². The van der Waals surface area contributed by atoms with Crippen molar-refractivity contribution < 1.29 is 28.8 Å². The second-order valence-electron chi connectivity index (χ2n) is 12.9. The highest BCUT2D eigenvalue weighted by atomic mass is 32.1. The molecule has 1 aliphatic carbocycles. The van der Waals surface area contributed by atoms with E-state index in [2.05, 4.69) is 82.0 Å². The van der Waals surface area contributed by atoms with Crippen molar-refractivity contribution >= 4 is 12.6 Å². The second-order valence-corrected chi connectivity index (χ2v) is 13.3. The van der Waals surface area contributed by atoms with Crippen LogP contribution < -0.4 is 18.9 Å². The lowest BCUT2D eigenvalue weighted by molar-refractivity contribution is 0.0776. The topological polar surface area (TPSA) is 85.8 Å². The molecule has 0 amide bonds. The number of piperidine rings is 1. The molecule has 1 saturated heterocycles. The average Bonchev–Trinajstić information content (AvgIpc) is 3.21. The van der Waals surface area contributed by atoms with Gasteiger partial charge in [0.25, 0.3) is 0 Å². The van der Waals surface area contributed by atoms with E-state index in [1.165, 1.54) is 11.1 Å². The number of rotatable bonds is 13. The maximum atomic E-state index is 10.4. The van der Waals surface area contributed by atoms with Gasteiger partial charge in [0.2, 0.25) is 5.75 Å². The van der Waals surface area contributed by atoms with Gasteiger partial charge in [0.15, 0.2) is 11.5 Å². The number of hydrogen-bond donors (Lipinski definition) is 2. The van der Waals surface area contributed by atoms with E-state index in [4.69, 9.17) is 23.7 Å². The third-order valence-electron chi connectivity index (χ3n) is 9.82. The van der Waals surface area contributed by atoms with E-state index in [1.54, 1.807) is 41.6 Å². The van der Waals surface area contributed by atoms with Gasteiger partial charge < -0.3 is 28.8 Å². The Morgan fingerprint density at radius 2 is 1.43 bits per heavy atom.